The molecule has 4 aromatic rings. The second-order valence-electron chi connectivity index (χ2n) is 9.90. The minimum atomic E-state index is -4.53. The van der Waals surface area contributed by atoms with Crippen molar-refractivity contribution in [2.75, 3.05) is 38.5 Å². The largest absolute Gasteiger partial charge is 0.416 e. The first-order valence-electron chi connectivity index (χ1n) is 13.1. The van der Waals surface area contributed by atoms with Crippen molar-refractivity contribution in [2.45, 2.75) is 26.1 Å². The summed E-state index contributed by atoms with van der Waals surface area (Å²) in [5, 5.41) is 6.84. The topological polar surface area (TPSA) is 65.8 Å². The van der Waals surface area contributed by atoms with Gasteiger partial charge in [-0.15, -0.1) is 0 Å². The normalized spacial score (nSPS) is 14.6. The fourth-order valence-electron chi connectivity index (χ4n) is 4.64. The van der Waals surface area contributed by atoms with Crippen LogP contribution in [-0.2, 0) is 19.1 Å². The number of carbonyl (C=O) groups is 1. The van der Waals surface area contributed by atoms with Crippen molar-refractivity contribution in [3.05, 3.63) is 94.4 Å². The van der Waals surface area contributed by atoms with Gasteiger partial charge in [0, 0.05) is 68.0 Å². The molecular formula is C30H29F3N6O. The molecule has 1 aliphatic rings. The number of benzene rings is 2. The Labute approximate surface area is 230 Å². The Balaban J connectivity index is 1.38. The minimum Gasteiger partial charge on any atom is -0.322 e. The van der Waals surface area contributed by atoms with E-state index in [2.05, 4.69) is 37.0 Å². The van der Waals surface area contributed by atoms with Crippen LogP contribution in [0.15, 0.2) is 61.1 Å². The fourth-order valence-corrected chi connectivity index (χ4v) is 4.64. The molecule has 7 nitrogen and oxygen atoms in total. The second-order valence-corrected chi connectivity index (χ2v) is 9.90. The smallest absolute Gasteiger partial charge is 0.322 e. The molecule has 0 atom stereocenters. The van der Waals surface area contributed by atoms with Crippen LogP contribution in [0.1, 0.15) is 45.1 Å². The summed E-state index contributed by atoms with van der Waals surface area (Å²) in [6.07, 6.45) is 1.24. The van der Waals surface area contributed by atoms with E-state index in [9.17, 15) is 18.0 Å². The van der Waals surface area contributed by atoms with Gasteiger partial charge in [-0.3, -0.25) is 9.69 Å². The van der Waals surface area contributed by atoms with E-state index in [1.54, 1.807) is 47.4 Å². The molecule has 0 aliphatic carbocycles. The number of rotatable bonds is 5. The lowest BCUT2D eigenvalue weighted by molar-refractivity contribution is -0.137. The first kappa shape index (κ1) is 27.4. The zero-order valence-electron chi connectivity index (χ0n) is 22.3. The van der Waals surface area contributed by atoms with Gasteiger partial charge < -0.3 is 10.2 Å². The van der Waals surface area contributed by atoms with Crippen molar-refractivity contribution >= 4 is 17.2 Å². The summed E-state index contributed by atoms with van der Waals surface area (Å²) < 4.78 is 42.8. The van der Waals surface area contributed by atoms with Crippen molar-refractivity contribution in [3.63, 3.8) is 0 Å². The quantitative estimate of drug-likeness (QED) is 0.368. The molecule has 1 aliphatic heterocycles. The van der Waals surface area contributed by atoms with Crippen LogP contribution in [0.2, 0.25) is 0 Å². The molecule has 0 unspecified atom stereocenters. The van der Waals surface area contributed by atoms with Gasteiger partial charge in [-0.05, 0) is 54.9 Å². The predicted molar refractivity (Wildman–Crippen MR) is 147 cm³/mol. The summed E-state index contributed by atoms with van der Waals surface area (Å²) in [4.78, 5) is 21.8. The van der Waals surface area contributed by atoms with Gasteiger partial charge in [-0.2, -0.15) is 18.3 Å². The molecular weight excluding hydrogens is 517 g/mol. The summed E-state index contributed by atoms with van der Waals surface area (Å²) in [7, 11) is 2.02. The molecule has 40 heavy (non-hydrogen) atoms. The van der Waals surface area contributed by atoms with Gasteiger partial charge in [-0.1, -0.05) is 24.8 Å². The Kier molecular flexibility index (Phi) is 7.87. The fraction of sp³-hybridized carbons (Fsp3) is 0.300. The van der Waals surface area contributed by atoms with Crippen molar-refractivity contribution in [1.82, 2.24) is 24.4 Å². The van der Waals surface area contributed by atoms with Gasteiger partial charge in [0.2, 0.25) is 0 Å². The number of nitrogens with zero attached hydrogens (tertiary/aromatic N) is 5. The Morgan fingerprint density at radius 1 is 1.05 bits per heavy atom. The molecule has 0 radical (unpaired) electrons. The monoisotopic (exact) mass is 546 g/mol. The lowest BCUT2D eigenvalue weighted by atomic mass is 10.0. The zero-order chi connectivity index (χ0) is 28.3. The highest BCUT2D eigenvalue weighted by Gasteiger charge is 2.31. The van der Waals surface area contributed by atoms with Gasteiger partial charge >= 0.3 is 6.18 Å². The van der Waals surface area contributed by atoms with Crippen molar-refractivity contribution in [3.8, 4) is 11.8 Å². The molecule has 2 aromatic carbocycles. The van der Waals surface area contributed by atoms with E-state index < -0.39 is 17.6 Å². The number of amides is 1. The van der Waals surface area contributed by atoms with Crippen LogP contribution in [0.5, 0.6) is 0 Å². The van der Waals surface area contributed by atoms with Crippen LogP contribution in [0, 0.1) is 11.8 Å². The second kappa shape index (κ2) is 11.5. The molecule has 1 fully saturated rings. The summed E-state index contributed by atoms with van der Waals surface area (Å²) in [6, 6.07) is 10.7. The third kappa shape index (κ3) is 6.50. The maximum atomic E-state index is 13.7. The Bertz CT molecular complexity index is 1590. The number of anilines is 1. The molecule has 2 aromatic heterocycles. The number of fused-ring (bicyclic) bond motifs is 1. The Morgan fingerprint density at radius 2 is 1.85 bits per heavy atom. The van der Waals surface area contributed by atoms with Crippen LogP contribution in [0.25, 0.3) is 5.65 Å². The highest BCUT2D eigenvalue weighted by molar-refractivity contribution is 6.04. The third-order valence-corrected chi connectivity index (χ3v) is 6.92. The molecule has 1 amide bonds. The molecule has 10 heteroatoms. The SMILES string of the molecule is CCc1ccc(C(=O)Nc2cc(CN3CCN(C)CC3)cc(C(F)(F)F)c2)cc1C#Cc1cnc2ccnn2c1. The number of nitrogens with one attached hydrogen (secondary N) is 1. The number of piperazine rings is 1. The summed E-state index contributed by atoms with van der Waals surface area (Å²) >= 11 is 0. The number of halogens is 3. The van der Waals surface area contributed by atoms with Gasteiger partial charge in [0.05, 0.1) is 17.3 Å². The van der Waals surface area contributed by atoms with Crippen molar-refractivity contribution in [1.29, 1.82) is 0 Å². The summed E-state index contributed by atoms with van der Waals surface area (Å²) in [5.74, 6) is 5.68. The van der Waals surface area contributed by atoms with E-state index in [0.717, 1.165) is 43.9 Å². The van der Waals surface area contributed by atoms with Crippen LogP contribution in [0.3, 0.4) is 0 Å². The lowest BCUT2D eigenvalue weighted by Crippen LogP contribution is -2.43. The van der Waals surface area contributed by atoms with Gasteiger partial charge in [0.15, 0.2) is 5.65 Å². The number of aromatic nitrogens is 3. The molecule has 206 valence electrons. The summed E-state index contributed by atoms with van der Waals surface area (Å²) in [6.45, 7) is 5.63. The minimum absolute atomic E-state index is 0.106. The maximum Gasteiger partial charge on any atom is 0.416 e. The molecule has 3 heterocycles. The molecule has 1 N–H and O–H groups in total. The third-order valence-electron chi connectivity index (χ3n) is 6.92. The van der Waals surface area contributed by atoms with E-state index in [0.29, 0.717) is 40.9 Å². The highest BCUT2D eigenvalue weighted by atomic mass is 19.4. The number of likely N-dealkylation sites (N-methyl/N-ethyl adjacent to an activating group) is 1. The zero-order valence-corrected chi connectivity index (χ0v) is 22.3. The molecule has 0 bridgehead atoms. The average molecular weight is 547 g/mol. The number of aryl methyl sites for hydroxylation is 1. The standard InChI is InChI=1S/C30H29F3N6O/c1-3-23-6-7-25(16-24(23)5-4-21-18-34-28-8-9-35-39(28)20-21)29(40)36-27-15-22(14-26(17-27)30(31,32)33)19-38-12-10-37(2)11-13-38/h6-9,14-18,20H,3,10-13,19H2,1-2H3,(H,36,40). The summed E-state index contributed by atoms with van der Waals surface area (Å²) in [5.41, 5.74) is 3.11. The lowest BCUT2D eigenvalue weighted by Gasteiger charge is -2.32. The van der Waals surface area contributed by atoms with Crippen LogP contribution in [-0.4, -0.2) is 63.5 Å². The van der Waals surface area contributed by atoms with Gasteiger partial charge in [-0.25, -0.2) is 9.50 Å². The van der Waals surface area contributed by atoms with Gasteiger partial charge in [0.25, 0.3) is 5.91 Å². The van der Waals surface area contributed by atoms with E-state index in [-0.39, 0.29) is 5.69 Å². The molecule has 0 saturated carbocycles. The van der Waals surface area contributed by atoms with Crippen LogP contribution < -0.4 is 5.32 Å². The predicted octanol–water partition coefficient (Wildman–Crippen LogP) is 4.71. The number of carbonyl (C=O) groups excluding carboxylic acids is 1. The highest BCUT2D eigenvalue weighted by Crippen LogP contribution is 2.32. The van der Waals surface area contributed by atoms with E-state index in [4.69, 9.17) is 0 Å². The van der Waals surface area contributed by atoms with Crippen molar-refractivity contribution < 1.29 is 18.0 Å². The van der Waals surface area contributed by atoms with E-state index in [1.165, 1.54) is 0 Å². The number of hydrogen-bond donors (Lipinski definition) is 1. The van der Waals surface area contributed by atoms with E-state index >= 15 is 0 Å². The average Bonchev–Trinajstić information content (AvgIpc) is 3.40. The Morgan fingerprint density at radius 3 is 2.60 bits per heavy atom. The first-order valence-corrected chi connectivity index (χ1v) is 13.1. The molecule has 5 rings (SSSR count). The Hall–Kier alpha value is -4.20. The first-order chi connectivity index (χ1) is 19.2. The maximum absolute atomic E-state index is 13.7. The molecule has 1 saturated heterocycles. The van der Waals surface area contributed by atoms with Gasteiger partial charge in [0.1, 0.15) is 0 Å². The van der Waals surface area contributed by atoms with Crippen LogP contribution >= 0.6 is 0 Å². The molecule has 0 spiro atoms. The van der Waals surface area contributed by atoms with E-state index in [1.807, 2.05) is 20.0 Å². The van der Waals surface area contributed by atoms with Crippen LogP contribution in [0.4, 0.5) is 18.9 Å². The number of alkyl halides is 3. The number of hydrogen-bond acceptors (Lipinski definition) is 5. The van der Waals surface area contributed by atoms with Crippen molar-refractivity contribution in [2.24, 2.45) is 0 Å².